The molecule has 1 fully saturated rings. The van der Waals surface area contributed by atoms with Crippen molar-refractivity contribution in [2.75, 3.05) is 45.9 Å². The monoisotopic (exact) mass is 615 g/mol. The van der Waals surface area contributed by atoms with Gasteiger partial charge in [0.25, 0.3) is 0 Å². The minimum Gasteiger partial charge on any atom is -0.497 e. The molecule has 0 spiro atoms. The number of amides is 2. The number of ether oxygens (including phenoxy) is 3. The first-order valence-electron chi connectivity index (χ1n) is 14.5. The maximum atomic E-state index is 13.6. The Balaban J connectivity index is 1.48. The summed E-state index contributed by atoms with van der Waals surface area (Å²) in [5.41, 5.74) is 1.66. The Morgan fingerprint density at radius 2 is 1.84 bits per heavy atom. The molecule has 1 aromatic carbocycles. The van der Waals surface area contributed by atoms with Gasteiger partial charge in [0.1, 0.15) is 30.3 Å². The third-order valence-electron chi connectivity index (χ3n) is 7.39. The van der Waals surface area contributed by atoms with Crippen LogP contribution in [0.5, 0.6) is 5.75 Å². The Labute approximate surface area is 255 Å². The SMILES string of the molecule is COc1ccc(C[C@H](NC(=O)OCCCCCCO)C(=O)N[C@H]2[C@@H](O)[C@H](n3cnc4c(N(C)C)ncnc43)O[C@@H]2CO)cc1. The lowest BCUT2D eigenvalue weighted by molar-refractivity contribution is -0.124. The van der Waals surface area contributed by atoms with Gasteiger partial charge < -0.3 is 45.1 Å². The number of aliphatic hydroxyl groups excluding tert-OH is 3. The first-order valence-corrected chi connectivity index (χ1v) is 14.5. The summed E-state index contributed by atoms with van der Waals surface area (Å²) in [6.45, 7) is -0.208. The molecule has 15 heteroatoms. The van der Waals surface area contributed by atoms with Crippen molar-refractivity contribution in [2.45, 2.75) is 62.6 Å². The topological polar surface area (TPSA) is 193 Å². The fourth-order valence-corrected chi connectivity index (χ4v) is 5.05. The summed E-state index contributed by atoms with van der Waals surface area (Å²) in [5.74, 6) is 0.621. The molecule has 5 N–H and O–H groups in total. The first kappa shape index (κ1) is 32.9. The molecule has 3 aromatic rings. The Kier molecular flexibility index (Phi) is 11.7. The van der Waals surface area contributed by atoms with Crippen molar-refractivity contribution in [3.63, 3.8) is 0 Å². The van der Waals surface area contributed by atoms with Gasteiger partial charge in [-0.2, -0.15) is 0 Å². The smallest absolute Gasteiger partial charge is 0.407 e. The van der Waals surface area contributed by atoms with Gasteiger partial charge in [-0.1, -0.05) is 18.6 Å². The number of hydrogen-bond donors (Lipinski definition) is 5. The lowest BCUT2D eigenvalue weighted by Crippen LogP contribution is -2.55. The van der Waals surface area contributed by atoms with Gasteiger partial charge in [-0.15, -0.1) is 0 Å². The number of fused-ring (bicyclic) bond motifs is 1. The Hall–Kier alpha value is -4.05. The summed E-state index contributed by atoms with van der Waals surface area (Å²) >= 11 is 0. The van der Waals surface area contributed by atoms with Gasteiger partial charge in [0.15, 0.2) is 23.2 Å². The maximum absolute atomic E-state index is 13.6. The van der Waals surface area contributed by atoms with Crippen molar-refractivity contribution in [3.05, 3.63) is 42.5 Å². The molecule has 15 nitrogen and oxygen atoms in total. The molecule has 240 valence electrons. The average Bonchev–Trinajstić information content (AvgIpc) is 3.59. The van der Waals surface area contributed by atoms with E-state index in [1.807, 2.05) is 14.1 Å². The summed E-state index contributed by atoms with van der Waals surface area (Å²) in [6.07, 6.45) is 1.85. The van der Waals surface area contributed by atoms with Gasteiger partial charge in [0.2, 0.25) is 5.91 Å². The number of benzene rings is 1. The van der Waals surface area contributed by atoms with Crippen LogP contribution in [0.15, 0.2) is 36.9 Å². The minimum atomic E-state index is -1.29. The van der Waals surface area contributed by atoms with Crippen LogP contribution in [0.25, 0.3) is 11.2 Å². The number of imidazole rings is 1. The lowest BCUT2D eigenvalue weighted by Gasteiger charge is -2.25. The predicted molar refractivity (Wildman–Crippen MR) is 159 cm³/mol. The average molecular weight is 616 g/mol. The van der Waals surface area contributed by atoms with E-state index in [-0.39, 0.29) is 19.6 Å². The van der Waals surface area contributed by atoms with Crippen molar-refractivity contribution in [2.24, 2.45) is 0 Å². The van der Waals surface area contributed by atoms with E-state index in [0.717, 1.165) is 18.4 Å². The minimum absolute atomic E-state index is 0.118. The molecule has 44 heavy (non-hydrogen) atoms. The number of nitrogens with one attached hydrogen (secondary N) is 2. The van der Waals surface area contributed by atoms with E-state index in [4.69, 9.17) is 19.3 Å². The molecule has 0 bridgehead atoms. The maximum Gasteiger partial charge on any atom is 0.407 e. The standard InChI is InChI=1S/C29H41N7O8/c1-35(2)25-23-26(31-16-30-25)36(17-32-23)28-24(39)22(21(15-38)44-28)34-27(40)20(14-18-8-10-19(42-3)11-9-18)33-29(41)43-13-7-5-4-6-12-37/h8-11,16-17,20-22,24,28,37-39H,4-7,12-15H2,1-3H3,(H,33,41)(H,34,40)/t20-,21+,22+,24+,28+/m0/s1. The van der Waals surface area contributed by atoms with Gasteiger partial charge in [0, 0.05) is 27.1 Å². The van der Waals surface area contributed by atoms with Crippen LogP contribution in [0.1, 0.15) is 37.5 Å². The number of anilines is 1. The van der Waals surface area contributed by atoms with Gasteiger partial charge in [-0.05, 0) is 37.0 Å². The number of carbonyl (C=O) groups is 2. The molecule has 0 radical (unpaired) electrons. The van der Waals surface area contributed by atoms with Crippen LogP contribution >= 0.6 is 0 Å². The molecule has 1 aliphatic heterocycles. The van der Waals surface area contributed by atoms with E-state index in [1.165, 1.54) is 17.2 Å². The van der Waals surface area contributed by atoms with Gasteiger partial charge in [-0.25, -0.2) is 19.7 Å². The molecule has 0 saturated carbocycles. The number of carbonyl (C=O) groups excluding carboxylic acids is 2. The normalized spacial score (nSPS) is 20.3. The third kappa shape index (κ3) is 7.91. The summed E-state index contributed by atoms with van der Waals surface area (Å²) < 4.78 is 18.0. The van der Waals surface area contributed by atoms with Gasteiger partial charge in [-0.3, -0.25) is 9.36 Å². The number of hydrogen-bond acceptors (Lipinski definition) is 12. The van der Waals surface area contributed by atoms with Crippen LogP contribution in [0, 0.1) is 0 Å². The van der Waals surface area contributed by atoms with Crippen LogP contribution < -0.4 is 20.3 Å². The molecular weight excluding hydrogens is 574 g/mol. The van der Waals surface area contributed by atoms with Crippen LogP contribution in [-0.4, -0.2) is 112 Å². The van der Waals surface area contributed by atoms with E-state index < -0.39 is 49.1 Å². The summed E-state index contributed by atoms with van der Waals surface area (Å²) in [5, 5.41) is 35.7. The number of aliphatic hydroxyl groups is 3. The summed E-state index contributed by atoms with van der Waals surface area (Å²) in [6, 6.07) is 4.96. The molecule has 1 saturated heterocycles. The van der Waals surface area contributed by atoms with E-state index in [9.17, 15) is 19.8 Å². The fraction of sp³-hybridized carbons (Fsp3) is 0.552. The lowest BCUT2D eigenvalue weighted by atomic mass is 10.0. The molecule has 1 aliphatic rings. The number of aromatic nitrogens is 4. The number of methoxy groups -OCH3 is 1. The second kappa shape index (κ2) is 15.6. The second-order valence-corrected chi connectivity index (χ2v) is 10.7. The highest BCUT2D eigenvalue weighted by Crippen LogP contribution is 2.32. The van der Waals surface area contributed by atoms with Crippen molar-refractivity contribution in [1.29, 1.82) is 0 Å². The highest BCUT2D eigenvalue weighted by atomic mass is 16.6. The van der Waals surface area contributed by atoms with Crippen molar-refractivity contribution >= 4 is 29.0 Å². The third-order valence-corrected chi connectivity index (χ3v) is 7.39. The highest BCUT2D eigenvalue weighted by Gasteiger charge is 2.46. The Morgan fingerprint density at radius 1 is 1.09 bits per heavy atom. The quantitative estimate of drug-likeness (QED) is 0.149. The molecule has 0 unspecified atom stereocenters. The largest absolute Gasteiger partial charge is 0.497 e. The number of unbranched alkanes of at least 4 members (excludes halogenated alkanes) is 3. The molecule has 0 aliphatic carbocycles. The number of alkyl carbamates (subject to hydrolysis) is 1. The Bertz CT molecular complexity index is 1370. The Morgan fingerprint density at radius 3 is 2.52 bits per heavy atom. The number of nitrogens with zero attached hydrogens (tertiary/aromatic N) is 5. The van der Waals surface area contributed by atoms with Crippen LogP contribution in [0.4, 0.5) is 10.6 Å². The second-order valence-electron chi connectivity index (χ2n) is 10.7. The summed E-state index contributed by atoms with van der Waals surface area (Å²) in [7, 11) is 5.19. The van der Waals surface area contributed by atoms with Crippen LogP contribution in [-0.2, 0) is 20.7 Å². The molecule has 3 heterocycles. The molecular formula is C29H41N7O8. The van der Waals surface area contributed by atoms with Crippen LogP contribution in [0.3, 0.4) is 0 Å². The van der Waals surface area contributed by atoms with Crippen molar-refractivity contribution < 1.29 is 39.1 Å². The molecule has 2 amide bonds. The van der Waals surface area contributed by atoms with E-state index in [0.29, 0.717) is 35.6 Å². The van der Waals surface area contributed by atoms with Gasteiger partial charge in [0.05, 0.1) is 32.7 Å². The molecule has 2 aromatic heterocycles. The van der Waals surface area contributed by atoms with E-state index >= 15 is 0 Å². The molecule has 5 atom stereocenters. The fourth-order valence-electron chi connectivity index (χ4n) is 5.05. The zero-order chi connectivity index (χ0) is 31.6. The van der Waals surface area contributed by atoms with Crippen molar-refractivity contribution in [1.82, 2.24) is 30.2 Å². The van der Waals surface area contributed by atoms with E-state index in [1.54, 1.807) is 36.3 Å². The summed E-state index contributed by atoms with van der Waals surface area (Å²) in [4.78, 5) is 41.0. The zero-order valence-electron chi connectivity index (χ0n) is 25.1. The van der Waals surface area contributed by atoms with Crippen molar-refractivity contribution in [3.8, 4) is 5.75 Å². The van der Waals surface area contributed by atoms with E-state index in [2.05, 4.69) is 25.6 Å². The highest BCUT2D eigenvalue weighted by molar-refractivity contribution is 5.86. The predicted octanol–water partition coefficient (Wildman–Crippen LogP) is 0.527. The molecule has 4 rings (SSSR count). The van der Waals surface area contributed by atoms with Crippen LogP contribution in [0.2, 0.25) is 0 Å². The van der Waals surface area contributed by atoms with Gasteiger partial charge >= 0.3 is 6.09 Å². The first-order chi connectivity index (χ1) is 21.3. The number of rotatable bonds is 15. The zero-order valence-corrected chi connectivity index (χ0v) is 25.1.